The molecular formula is C20H32N2O2. The van der Waals surface area contributed by atoms with Crippen molar-refractivity contribution in [2.45, 2.75) is 52.2 Å². The number of nitrogens with one attached hydrogen (secondary N) is 1. The molecule has 4 heteroatoms. The molecule has 2 rings (SSSR count). The number of carbonyl (C=O) groups excluding carboxylic acids is 1. The Kier molecular flexibility index (Phi) is 7.73. The molecule has 0 aliphatic carbocycles. The van der Waals surface area contributed by atoms with Crippen molar-refractivity contribution < 1.29 is 9.53 Å². The Labute approximate surface area is 146 Å². The first-order valence-electron chi connectivity index (χ1n) is 9.23. The van der Waals surface area contributed by atoms with Gasteiger partial charge in [0.1, 0.15) is 0 Å². The lowest BCUT2D eigenvalue weighted by atomic mass is 9.95. The number of hydrogen-bond acceptors (Lipinski definition) is 3. The molecule has 1 aromatic rings. The van der Waals surface area contributed by atoms with Crippen LogP contribution in [0.15, 0.2) is 30.3 Å². The normalized spacial score (nSPS) is 17.8. The van der Waals surface area contributed by atoms with E-state index in [1.807, 2.05) is 19.9 Å². The Morgan fingerprint density at radius 1 is 1.25 bits per heavy atom. The van der Waals surface area contributed by atoms with Crippen molar-refractivity contribution in [1.82, 2.24) is 10.2 Å². The van der Waals surface area contributed by atoms with Crippen molar-refractivity contribution >= 4 is 5.91 Å². The van der Waals surface area contributed by atoms with Crippen LogP contribution in [0.3, 0.4) is 0 Å². The van der Waals surface area contributed by atoms with E-state index in [2.05, 4.69) is 41.4 Å². The standard InChI is InChI=1S/C20H32N2O2/c1-16(2)24-14-11-20(23)21-15-19(18-7-5-4-6-8-18)22-12-9-17(3)10-13-22/h4-8,16-17,19H,9-15H2,1-3H3,(H,21,23). The third kappa shape index (κ3) is 6.25. The first-order valence-corrected chi connectivity index (χ1v) is 9.23. The van der Waals surface area contributed by atoms with Gasteiger partial charge in [-0.3, -0.25) is 9.69 Å². The Balaban J connectivity index is 1.90. The maximum Gasteiger partial charge on any atom is 0.222 e. The van der Waals surface area contributed by atoms with E-state index in [1.54, 1.807) is 0 Å². The molecule has 0 saturated carbocycles. The van der Waals surface area contributed by atoms with Gasteiger partial charge in [-0.2, -0.15) is 0 Å². The number of nitrogens with zero attached hydrogens (tertiary/aromatic N) is 1. The number of benzene rings is 1. The molecule has 1 unspecified atom stereocenters. The van der Waals surface area contributed by atoms with Gasteiger partial charge in [0, 0.05) is 13.0 Å². The third-order valence-electron chi connectivity index (χ3n) is 4.72. The Hall–Kier alpha value is -1.39. The molecule has 1 aliphatic rings. The number of carbonyl (C=O) groups is 1. The van der Waals surface area contributed by atoms with Crippen LogP contribution in [-0.4, -0.2) is 43.2 Å². The number of piperidine rings is 1. The van der Waals surface area contributed by atoms with Crippen LogP contribution in [0.1, 0.15) is 51.6 Å². The third-order valence-corrected chi connectivity index (χ3v) is 4.72. The highest BCUT2D eigenvalue weighted by Gasteiger charge is 2.24. The molecular weight excluding hydrogens is 300 g/mol. The highest BCUT2D eigenvalue weighted by molar-refractivity contribution is 5.76. The predicted octanol–water partition coefficient (Wildman–Crippen LogP) is 3.39. The number of ether oxygens (including phenoxy) is 1. The molecule has 134 valence electrons. The van der Waals surface area contributed by atoms with E-state index in [4.69, 9.17) is 4.74 Å². The molecule has 1 saturated heterocycles. The van der Waals surface area contributed by atoms with E-state index in [1.165, 1.54) is 18.4 Å². The topological polar surface area (TPSA) is 41.6 Å². The van der Waals surface area contributed by atoms with Crippen LogP contribution in [0.4, 0.5) is 0 Å². The van der Waals surface area contributed by atoms with Gasteiger partial charge in [-0.1, -0.05) is 37.3 Å². The van der Waals surface area contributed by atoms with Gasteiger partial charge in [-0.05, 0) is 51.3 Å². The van der Waals surface area contributed by atoms with E-state index in [9.17, 15) is 4.79 Å². The number of hydrogen-bond donors (Lipinski definition) is 1. The van der Waals surface area contributed by atoms with Crippen molar-refractivity contribution in [2.24, 2.45) is 5.92 Å². The molecule has 0 bridgehead atoms. The lowest BCUT2D eigenvalue weighted by Crippen LogP contribution is -2.42. The highest BCUT2D eigenvalue weighted by atomic mass is 16.5. The minimum Gasteiger partial charge on any atom is -0.378 e. The van der Waals surface area contributed by atoms with E-state index >= 15 is 0 Å². The highest BCUT2D eigenvalue weighted by Crippen LogP contribution is 2.26. The maximum atomic E-state index is 12.1. The summed E-state index contributed by atoms with van der Waals surface area (Å²) in [5.41, 5.74) is 1.28. The summed E-state index contributed by atoms with van der Waals surface area (Å²) >= 11 is 0. The SMILES string of the molecule is CC1CCN(C(CNC(=O)CCOC(C)C)c2ccccc2)CC1. The summed E-state index contributed by atoms with van der Waals surface area (Å²) in [6.07, 6.45) is 3.07. The van der Waals surface area contributed by atoms with Crippen molar-refractivity contribution in [1.29, 1.82) is 0 Å². The minimum absolute atomic E-state index is 0.0713. The van der Waals surface area contributed by atoms with Gasteiger partial charge in [0.2, 0.25) is 5.91 Å². The van der Waals surface area contributed by atoms with Crippen LogP contribution >= 0.6 is 0 Å². The van der Waals surface area contributed by atoms with Crippen molar-refractivity contribution in [3.05, 3.63) is 35.9 Å². The molecule has 0 aromatic heterocycles. The maximum absolute atomic E-state index is 12.1. The fourth-order valence-electron chi connectivity index (χ4n) is 3.16. The van der Waals surface area contributed by atoms with Crippen molar-refractivity contribution in [3.63, 3.8) is 0 Å². The molecule has 1 fully saturated rings. The zero-order chi connectivity index (χ0) is 17.4. The molecule has 24 heavy (non-hydrogen) atoms. The Morgan fingerprint density at radius 3 is 2.54 bits per heavy atom. The molecule has 0 radical (unpaired) electrons. The molecule has 0 spiro atoms. The predicted molar refractivity (Wildman–Crippen MR) is 97.9 cm³/mol. The van der Waals surface area contributed by atoms with Crippen LogP contribution in [0.25, 0.3) is 0 Å². The molecule has 1 aromatic carbocycles. The molecule has 1 amide bonds. The summed E-state index contributed by atoms with van der Waals surface area (Å²) in [5.74, 6) is 0.877. The van der Waals surface area contributed by atoms with Crippen LogP contribution in [0.5, 0.6) is 0 Å². The van der Waals surface area contributed by atoms with Gasteiger partial charge >= 0.3 is 0 Å². The Morgan fingerprint density at radius 2 is 1.92 bits per heavy atom. The fraction of sp³-hybridized carbons (Fsp3) is 0.650. The summed E-state index contributed by atoms with van der Waals surface area (Å²) in [4.78, 5) is 14.6. The molecule has 1 heterocycles. The average molecular weight is 332 g/mol. The lowest BCUT2D eigenvalue weighted by Gasteiger charge is -2.37. The first-order chi connectivity index (χ1) is 11.6. The van der Waals surface area contributed by atoms with Crippen LogP contribution in [0, 0.1) is 5.92 Å². The second kappa shape index (κ2) is 9.80. The second-order valence-electron chi connectivity index (χ2n) is 7.12. The smallest absolute Gasteiger partial charge is 0.222 e. The summed E-state index contributed by atoms with van der Waals surface area (Å²) in [5, 5.41) is 3.10. The summed E-state index contributed by atoms with van der Waals surface area (Å²) < 4.78 is 5.46. The zero-order valence-corrected chi connectivity index (χ0v) is 15.3. The van der Waals surface area contributed by atoms with Crippen molar-refractivity contribution in [2.75, 3.05) is 26.2 Å². The van der Waals surface area contributed by atoms with E-state index in [0.29, 0.717) is 19.6 Å². The zero-order valence-electron chi connectivity index (χ0n) is 15.3. The van der Waals surface area contributed by atoms with Gasteiger partial charge in [0.25, 0.3) is 0 Å². The summed E-state index contributed by atoms with van der Waals surface area (Å²) in [7, 11) is 0. The number of rotatable bonds is 8. The van der Waals surface area contributed by atoms with Crippen molar-refractivity contribution in [3.8, 4) is 0 Å². The average Bonchev–Trinajstić information content (AvgIpc) is 2.57. The minimum atomic E-state index is 0.0713. The largest absolute Gasteiger partial charge is 0.378 e. The Bertz CT molecular complexity index is 482. The first kappa shape index (κ1) is 18.9. The number of amides is 1. The van der Waals surface area contributed by atoms with Crippen LogP contribution in [-0.2, 0) is 9.53 Å². The summed E-state index contributed by atoms with van der Waals surface area (Å²) in [6, 6.07) is 10.8. The quantitative estimate of drug-likeness (QED) is 0.793. The van der Waals surface area contributed by atoms with E-state index in [-0.39, 0.29) is 18.1 Å². The summed E-state index contributed by atoms with van der Waals surface area (Å²) in [6.45, 7) is 9.66. The molecule has 1 aliphatic heterocycles. The monoisotopic (exact) mass is 332 g/mol. The van der Waals surface area contributed by atoms with Gasteiger partial charge in [0.05, 0.1) is 18.8 Å². The van der Waals surface area contributed by atoms with Gasteiger partial charge < -0.3 is 10.1 Å². The van der Waals surface area contributed by atoms with Crippen LogP contribution < -0.4 is 5.32 Å². The number of likely N-dealkylation sites (tertiary alicyclic amines) is 1. The van der Waals surface area contributed by atoms with Crippen LogP contribution in [0.2, 0.25) is 0 Å². The van der Waals surface area contributed by atoms with E-state index in [0.717, 1.165) is 19.0 Å². The van der Waals surface area contributed by atoms with Gasteiger partial charge in [-0.25, -0.2) is 0 Å². The lowest BCUT2D eigenvalue weighted by molar-refractivity contribution is -0.122. The fourth-order valence-corrected chi connectivity index (χ4v) is 3.16. The van der Waals surface area contributed by atoms with Gasteiger partial charge in [0.15, 0.2) is 0 Å². The molecule has 1 N–H and O–H groups in total. The van der Waals surface area contributed by atoms with E-state index < -0.39 is 0 Å². The molecule has 4 nitrogen and oxygen atoms in total. The molecule has 1 atom stereocenters. The second-order valence-corrected chi connectivity index (χ2v) is 7.12. The van der Waals surface area contributed by atoms with Gasteiger partial charge in [-0.15, -0.1) is 0 Å².